The summed E-state index contributed by atoms with van der Waals surface area (Å²) in [6.07, 6.45) is 7.03. The summed E-state index contributed by atoms with van der Waals surface area (Å²) < 4.78 is 64.2. The molecule has 1 atom stereocenters. The van der Waals surface area contributed by atoms with Crippen molar-refractivity contribution in [3.63, 3.8) is 0 Å². The summed E-state index contributed by atoms with van der Waals surface area (Å²) in [6.45, 7) is 1.54. The molecule has 1 aromatic carbocycles. The van der Waals surface area contributed by atoms with E-state index < -0.39 is 40.7 Å². The number of benzene rings is 1. The molecule has 4 bridgehead atoms. The van der Waals surface area contributed by atoms with Gasteiger partial charge in [0.2, 0.25) is 11.9 Å². The Labute approximate surface area is 303 Å². The van der Waals surface area contributed by atoms with Gasteiger partial charge in [0.05, 0.1) is 24.5 Å². The van der Waals surface area contributed by atoms with Crippen LogP contribution in [0.1, 0.15) is 92.2 Å². The van der Waals surface area contributed by atoms with E-state index in [4.69, 9.17) is 4.74 Å². The number of anilines is 3. The molecule has 4 heterocycles. The number of carbonyl (C=O) groups is 2. The maximum Gasteiger partial charge on any atom is 0.434 e. The van der Waals surface area contributed by atoms with Crippen molar-refractivity contribution in [2.24, 2.45) is 23.7 Å². The molecule has 7 aliphatic rings. The van der Waals surface area contributed by atoms with Crippen molar-refractivity contribution in [1.29, 1.82) is 0 Å². The van der Waals surface area contributed by atoms with Crippen LogP contribution in [0.15, 0.2) is 36.8 Å². The Bertz CT molecular complexity index is 1910. The maximum atomic E-state index is 14.8. The van der Waals surface area contributed by atoms with Gasteiger partial charge >= 0.3 is 12.1 Å². The van der Waals surface area contributed by atoms with Gasteiger partial charge in [-0.1, -0.05) is 19.3 Å². The summed E-state index contributed by atoms with van der Waals surface area (Å²) in [4.78, 5) is 46.8. The maximum absolute atomic E-state index is 14.8. The smallest absolute Gasteiger partial charge is 0.434 e. The SMILES string of the molecule is O=C(NC1(C(=O)O)C2CC3CC(C2)CC1C3)c1cnc(N2CC3(CCCCC3)c3cc(O[C@@H]4CCN(c5ncc(F)cn5)C4)ccc32)nc1C(F)(F)F. The van der Waals surface area contributed by atoms with Crippen molar-refractivity contribution >= 4 is 29.5 Å². The van der Waals surface area contributed by atoms with Gasteiger partial charge in [0.1, 0.15) is 17.4 Å². The molecule has 1 amide bonds. The highest BCUT2D eigenvalue weighted by Gasteiger charge is 2.62. The minimum absolute atomic E-state index is 0.167. The second-order valence-corrected chi connectivity index (χ2v) is 16.1. The minimum Gasteiger partial charge on any atom is -0.489 e. The topological polar surface area (TPSA) is 134 Å². The van der Waals surface area contributed by atoms with Crippen molar-refractivity contribution < 1.29 is 37.0 Å². The first-order valence-corrected chi connectivity index (χ1v) is 18.7. The van der Waals surface area contributed by atoms with Gasteiger partial charge in [0.15, 0.2) is 11.5 Å². The number of hydrogen-bond donors (Lipinski definition) is 2. The lowest BCUT2D eigenvalue weighted by Gasteiger charge is -2.59. The van der Waals surface area contributed by atoms with Gasteiger partial charge in [0, 0.05) is 36.8 Å². The van der Waals surface area contributed by atoms with Gasteiger partial charge in [-0.25, -0.2) is 29.1 Å². The first-order valence-electron chi connectivity index (χ1n) is 18.7. The zero-order valence-corrected chi connectivity index (χ0v) is 29.1. The molecule has 5 saturated carbocycles. The highest BCUT2D eigenvalue weighted by molar-refractivity contribution is 5.99. The number of hydrogen-bond acceptors (Lipinski definition) is 9. The highest BCUT2D eigenvalue weighted by Crippen LogP contribution is 2.58. The van der Waals surface area contributed by atoms with Crippen LogP contribution in [0.5, 0.6) is 5.75 Å². The Morgan fingerprint density at radius 3 is 2.26 bits per heavy atom. The molecule has 5 aliphatic carbocycles. The third-order valence-electron chi connectivity index (χ3n) is 13.1. The van der Waals surface area contributed by atoms with Gasteiger partial charge in [-0.2, -0.15) is 13.2 Å². The summed E-state index contributed by atoms with van der Waals surface area (Å²) >= 11 is 0. The second-order valence-electron chi connectivity index (χ2n) is 16.1. The van der Waals surface area contributed by atoms with E-state index in [1.165, 1.54) is 0 Å². The highest BCUT2D eigenvalue weighted by atomic mass is 19.4. The fourth-order valence-electron chi connectivity index (χ4n) is 10.9. The zero-order valence-electron chi connectivity index (χ0n) is 29.1. The number of carboxylic acids is 1. The van der Waals surface area contributed by atoms with E-state index in [1.807, 2.05) is 17.0 Å². The molecular formula is C38H41F4N7O4. The third-order valence-corrected chi connectivity index (χ3v) is 13.1. The average Bonchev–Trinajstić information content (AvgIpc) is 3.72. The van der Waals surface area contributed by atoms with E-state index in [0.29, 0.717) is 81.0 Å². The van der Waals surface area contributed by atoms with Crippen LogP contribution in [0, 0.1) is 29.5 Å². The van der Waals surface area contributed by atoms with Gasteiger partial charge < -0.3 is 25.0 Å². The predicted molar refractivity (Wildman–Crippen MR) is 183 cm³/mol. The molecule has 2 aromatic heterocycles. The quantitative estimate of drug-likeness (QED) is 0.261. The first-order chi connectivity index (χ1) is 25.4. The van der Waals surface area contributed by atoms with Crippen LogP contribution in [0.2, 0.25) is 0 Å². The molecule has 1 saturated heterocycles. The fraction of sp³-hybridized carbons (Fsp3) is 0.579. The number of aromatic nitrogens is 4. The second kappa shape index (κ2) is 12.5. The number of alkyl halides is 3. The lowest BCUT2D eigenvalue weighted by Crippen LogP contribution is -2.70. The van der Waals surface area contributed by atoms with E-state index >= 15 is 0 Å². The number of nitrogens with zero attached hydrogens (tertiary/aromatic N) is 6. The van der Waals surface area contributed by atoms with E-state index in [-0.39, 0.29) is 29.3 Å². The van der Waals surface area contributed by atoms with Crippen LogP contribution in [0.3, 0.4) is 0 Å². The van der Waals surface area contributed by atoms with Gasteiger partial charge in [-0.3, -0.25) is 4.79 Å². The first kappa shape index (κ1) is 34.2. The molecule has 2 N–H and O–H groups in total. The van der Waals surface area contributed by atoms with E-state index in [0.717, 1.165) is 62.7 Å². The number of nitrogens with one attached hydrogen (secondary N) is 1. The standard InChI is InChI=1S/C38H41F4N7O4/c39-25-16-43-34(44-17-25)48-9-6-27(19-48)53-26-4-5-30-29(15-26)36(7-2-1-3-8-36)20-49(30)35-45-18-28(31(46-35)38(40,41)42)32(50)47-37(33(51)52)23-11-21-10-22(13-23)14-24(37)12-21/h4-5,15-18,21-24,27H,1-3,6-14,19-20H2,(H,47,50)(H,51,52)/t21?,22?,23?,24?,27-,37?/m1/s1. The predicted octanol–water partition coefficient (Wildman–Crippen LogP) is 6.45. The van der Waals surface area contributed by atoms with Crippen molar-refractivity contribution in [1.82, 2.24) is 25.3 Å². The number of halogens is 4. The number of fused-ring (bicyclic) bond motifs is 2. The summed E-state index contributed by atoms with van der Waals surface area (Å²) in [5, 5.41) is 13.1. The van der Waals surface area contributed by atoms with E-state index in [1.54, 1.807) is 11.0 Å². The number of carbonyl (C=O) groups excluding carboxylic acids is 1. The molecule has 2 aliphatic heterocycles. The molecule has 0 radical (unpaired) electrons. The molecule has 10 rings (SSSR count). The number of aliphatic carboxylic acids is 1. The Kier molecular flexibility index (Phi) is 8.08. The van der Waals surface area contributed by atoms with Crippen molar-refractivity contribution in [2.75, 3.05) is 29.4 Å². The van der Waals surface area contributed by atoms with Crippen molar-refractivity contribution in [3.8, 4) is 5.75 Å². The Morgan fingerprint density at radius 2 is 1.60 bits per heavy atom. The van der Waals surface area contributed by atoms with Gasteiger partial charge in [0.25, 0.3) is 5.91 Å². The van der Waals surface area contributed by atoms with Crippen LogP contribution in [-0.2, 0) is 16.4 Å². The minimum atomic E-state index is -5.00. The third kappa shape index (κ3) is 5.76. The number of rotatable bonds is 7. The normalized spacial score (nSPS) is 29.8. The lowest BCUT2D eigenvalue weighted by molar-refractivity contribution is -0.163. The fourth-order valence-corrected chi connectivity index (χ4v) is 10.9. The van der Waals surface area contributed by atoms with E-state index in [2.05, 4.69) is 25.3 Å². The largest absolute Gasteiger partial charge is 0.489 e. The summed E-state index contributed by atoms with van der Waals surface area (Å²) in [5.41, 5.74) is -2.46. The van der Waals surface area contributed by atoms with Crippen molar-refractivity contribution in [3.05, 3.63) is 59.4 Å². The monoisotopic (exact) mass is 735 g/mol. The molecule has 11 nitrogen and oxygen atoms in total. The van der Waals surface area contributed by atoms with Gasteiger partial charge in [-0.05, 0) is 92.4 Å². The van der Waals surface area contributed by atoms with Crippen LogP contribution in [-0.4, -0.2) is 68.2 Å². The van der Waals surface area contributed by atoms with Crippen LogP contribution in [0.4, 0.5) is 35.1 Å². The zero-order chi connectivity index (χ0) is 36.7. The van der Waals surface area contributed by atoms with Gasteiger partial charge in [-0.15, -0.1) is 0 Å². The molecule has 280 valence electrons. The number of ether oxygens (including phenoxy) is 1. The van der Waals surface area contributed by atoms with Crippen LogP contribution in [0.25, 0.3) is 0 Å². The Morgan fingerprint density at radius 1 is 0.925 bits per heavy atom. The Balaban J connectivity index is 1.00. The van der Waals surface area contributed by atoms with Crippen molar-refractivity contribution in [2.45, 2.75) is 93.9 Å². The number of carboxylic acid groups (broad SMARTS) is 1. The molecule has 1 spiro atoms. The molecular weight excluding hydrogens is 694 g/mol. The van der Waals surface area contributed by atoms with Crippen LogP contribution >= 0.6 is 0 Å². The lowest BCUT2D eigenvalue weighted by atomic mass is 9.48. The summed E-state index contributed by atoms with van der Waals surface area (Å²) in [7, 11) is 0. The summed E-state index contributed by atoms with van der Waals surface area (Å²) in [5.74, 6) is -1.76. The van der Waals surface area contributed by atoms with Crippen LogP contribution < -0.4 is 19.9 Å². The molecule has 0 unspecified atom stereocenters. The summed E-state index contributed by atoms with van der Waals surface area (Å²) in [6, 6.07) is 5.62. The molecule has 53 heavy (non-hydrogen) atoms. The van der Waals surface area contributed by atoms with E-state index in [9.17, 15) is 32.3 Å². The molecule has 15 heteroatoms. The molecule has 6 fully saturated rings. The average molecular weight is 736 g/mol. The number of amides is 1. The Hall–Kier alpha value is -4.56. The molecule has 3 aromatic rings.